The molecule has 0 atom stereocenters. The number of carbonyl (C=O) groups excluding carboxylic acids is 1. The van der Waals surface area contributed by atoms with Crippen LogP contribution in [0.1, 0.15) is 27.0 Å². The number of hydrogen-bond acceptors (Lipinski definition) is 3. The van der Waals surface area contributed by atoms with Crippen LogP contribution in [0.15, 0.2) is 47.3 Å². The van der Waals surface area contributed by atoms with Crippen molar-refractivity contribution in [2.45, 2.75) is 20.3 Å². The zero-order chi connectivity index (χ0) is 18.7. The molecule has 0 saturated carbocycles. The number of amides is 1. The predicted molar refractivity (Wildman–Crippen MR) is 103 cm³/mol. The number of carbonyl (C=O) groups is 1. The van der Waals surface area contributed by atoms with Gasteiger partial charge in [0.05, 0.1) is 18.2 Å². The van der Waals surface area contributed by atoms with Crippen LogP contribution in [0.25, 0.3) is 10.9 Å². The topological polar surface area (TPSA) is 71.2 Å². The van der Waals surface area contributed by atoms with Crippen molar-refractivity contribution in [1.82, 2.24) is 10.3 Å². The Kier molecular flexibility index (Phi) is 5.07. The lowest BCUT2D eigenvalue weighted by Crippen LogP contribution is -2.27. The number of aromatic amines is 1. The van der Waals surface area contributed by atoms with E-state index in [-0.39, 0.29) is 11.5 Å². The average molecular weight is 350 g/mol. The van der Waals surface area contributed by atoms with Gasteiger partial charge in [-0.15, -0.1) is 0 Å². The summed E-state index contributed by atoms with van der Waals surface area (Å²) in [4.78, 5) is 27.7. The number of ether oxygens (including phenoxy) is 1. The largest absolute Gasteiger partial charge is 0.496 e. The van der Waals surface area contributed by atoms with Crippen LogP contribution < -0.4 is 15.6 Å². The van der Waals surface area contributed by atoms with Crippen LogP contribution in [0, 0.1) is 13.8 Å². The molecule has 0 unspecified atom stereocenters. The molecule has 0 bridgehead atoms. The number of rotatable bonds is 5. The predicted octanol–water partition coefficient (Wildman–Crippen LogP) is 3.13. The number of para-hydroxylation sites is 1. The Morgan fingerprint density at radius 2 is 1.85 bits per heavy atom. The highest BCUT2D eigenvalue weighted by atomic mass is 16.5. The first-order valence-electron chi connectivity index (χ1n) is 8.54. The number of fused-ring (bicyclic) bond motifs is 1. The normalized spacial score (nSPS) is 10.7. The number of H-pyrrole nitrogens is 1. The molecule has 3 rings (SSSR count). The SMILES string of the molecule is COc1ccccc1C(=O)NCCc1cc2c(C)ccc(C)c2[nH]c1=O. The number of benzene rings is 2. The van der Waals surface area contributed by atoms with Crippen LogP contribution in [0.3, 0.4) is 0 Å². The summed E-state index contributed by atoms with van der Waals surface area (Å²) in [6.07, 6.45) is 0.458. The van der Waals surface area contributed by atoms with Gasteiger partial charge < -0.3 is 15.0 Å². The zero-order valence-electron chi connectivity index (χ0n) is 15.2. The van der Waals surface area contributed by atoms with Gasteiger partial charge in [0, 0.05) is 17.5 Å². The van der Waals surface area contributed by atoms with Gasteiger partial charge in [0.1, 0.15) is 5.75 Å². The molecule has 0 aliphatic heterocycles. The molecule has 2 aromatic carbocycles. The minimum absolute atomic E-state index is 0.113. The quantitative estimate of drug-likeness (QED) is 0.743. The molecule has 134 valence electrons. The highest BCUT2D eigenvalue weighted by Crippen LogP contribution is 2.20. The minimum Gasteiger partial charge on any atom is -0.496 e. The molecular formula is C21H22N2O3. The Morgan fingerprint density at radius 1 is 1.12 bits per heavy atom. The average Bonchev–Trinajstić information content (AvgIpc) is 2.65. The number of aromatic nitrogens is 1. The summed E-state index contributed by atoms with van der Waals surface area (Å²) in [5, 5.41) is 3.89. The number of hydrogen-bond donors (Lipinski definition) is 2. The Morgan fingerprint density at radius 3 is 2.62 bits per heavy atom. The third kappa shape index (κ3) is 3.47. The van der Waals surface area contributed by atoms with Gasteiger partial charge in [0.15, 0.2) is 0 Å². The molecule has 2 N–H and O–H groups in total. The molecule has 5 heteroatoms. The summed E-state index contributed by atoms with van der Waals surface area (Å²) < 4.78 is 5.21. The standard InChI is InChI=1S/C21H22N2O3/c1-13-8-9-14(2)19-17(13)12-15(20(24)23-19)10-11-22-21(25)16-6-4-5-7-18(16)26-3/h4-9,12H,10-11H2,1-3H3,(H,22,25)(H,23,24). The van der Waals surface area contributed by atoms with E-state index in [9.17, 15) is 9.59 Å². The highest BCUT2D eigenvalue weighted by molar-refractivity contribution is 5.96. The fourth-order valence-electron chi connectivity index (χ4n) is 3.04. The monoisotopic (exact) mass is 350 g/mol. The lowest BCUT2D eigenvalue weighted by Gasteiger charge is -2.10. The first-order valence-corrected chi connectivity index (χ1v) is 8.54. The molecule has 3 aromatic rings. The maximum atomic E-state index is 12.4. The van der Waals surface area contributed by atoms with Crippen molar-refractivity contribution in [3.05, 3.63) is 75.1 Å². The molecule has 26 heavy (non-hydrogen) atoms. The zero-order valence-corrected chi connectivity index (χ0v) is 15.2. The van der Waals surface area contributed by atoms with Gasteiger partial charge in [-0.2, -0.15) is 0 Å². The van der Waals surface area contributed by atoms with Crippen LogP contribution in [0.4, 0.5) is 0 Å². The number of pyridine rings is 1. The first-order chi connectivity index (χ1) is 12.5. The lowest BCUT2D eigenvalue weighted by atomic mass is 10.0. The lowest BCUT2D eigenvalue weighted by molar-refractivity contribution is 0.0951. The molecule has 1 amide bonds. The Balaban J connectivity index is 1.76. The number of methoxy groups -OCH3 is 1. The van der Waals surface area contributed by atoms with E-state index in [1.165, 1.54) is 7.11 Å². The van der Waals surface area contributed by atoms with Crippen molar-refractivity contribution in [3.63, 3.8) is 0 Å². The fourth-order valence-corrected chi connectivity index (χ4v) is 3.04. The van der Waals surface area contributed by atoms with Gasteiger partial charge >= 0.3 is 0 Å². The van der Waals surface area contributed by atoms with E-state index < -0.39 is 0 Å². The maximum absolute atomic E-state index is 12.4. The molecule has 1 heterocycles. The van der Waals surface area contributed by atoms with E-state index in [1.54, 1.807) is 18.2 Å². The van der Waals surface area contributed by atoms with Crippen molar-refractivity contribution in [3.8, 4) is 5.75 Å². The summed E-state index contributed by atoms with van der Waals surface area (Å²) in [6.45, 7) is 4.37. The van der Waals surface area contributed by atoms with Crippen molar-refractivity contribution < 1.29 is 9.53 Å². The Bertz CT molecular complexity index is 1020. The van der Waals surface area contributed by atoms with E-state index >= 15 is 0 Å². The van der Waals surface area contributed by atoms with Gasteiger partial charge in [-0.25, -0.2) is 0 Å². The van der Waals surface area contributed by atoms with Crippen molar-refractivity contribution >= 4 is 16.8 Å². The Hall–Kier alpha value is -3.08. The molecule has 0 fully saturated rings. The summed E-state index contributed by atoms with van der Waals surface area (Å²) in [5.41, 5.74) is 4.05. The van der Waals surface area contributed by atoms with Crippen LogP contribution in [-0.4, -0.2) is 24.5 Å². The fraction of sp³-hybridized carbons (Fsp3) is 0.238. The highest BCUT2D eigenvalue weighted by Gasteiger charge is 2.12. The summed E-state index contributed by atoms with van der Waals surface area (Å²) in [6, 6.07) is 13.0. The molecule has 0 radical (unpaired) electrons. The molecule has 0 aliphatic carbocycles. The van der Waals surface area contributed by atoms with Gasteiger partial charge in [0.25, 0.3) is 11.5 Å². The van der Waals surface area contributed by atoms with Gasteiger partial charge in [-0.3, -0.25) is 9.59 Å². The first kappa shape index (κ1) is 17.7. The molecular weight excluding hydrogens is 328 g/mol. The van der Waals surface area contributed by atoms with Gasteiger partial charge in [0.2, 0.25) is 0 Å². The van der Waals surface area contributed by atoms with E-state index in [1.807, 2.05) is 38.1 Å². The number of aryl methyl sites for hydroxylation is 2. The molecule has 0 saturated heterocycles. The minimum atomic E-state index is -0.216. The molecule has 0 aliphatic rings. The smallest absolute Gasteiger partial charge is 0.255 e. The maximum Gasteiger partial charge on any atom is 0.255 e. The Labute approximate surface area is 152 Å². The van der Waals surface area contributed by atoms with Crippen molar-refractivity contribution in [2.24, 2.45) is 0 Å². The number of nitrogens with one attached hydrogen (secondary N) is 2. The van der Waals surface area contributed by atoms with E-state index in [4.69, 9.17) is 4.74 Å². The van der Waals surface area contributed by atoms with Crippen molar-refractivity contribution in [2.75, 3.05) is 13.7 Å². The third-order valence-corrected chi connectivity index (χ3v) is 4.55. The van der Waals surface area contributed by atoms with Gasteiger partial charge in [-0.05, 0) is 49.6 Å². The van der Waals surface area contributed by atoms with Gasteiger partial charge in [-0.1, -0.05) is 24.3 Å². The summed E-state index contributed by atoms with van der Waals surface area (Å²) >= 11 is 0. The summed E-state index contributed by atoms with van der Waals surface area (Å²) in [5.74, 6) is 0.311. The van der Waals surface area contributed by atoms with E-state index in [2.05, 4.69) is 10.3 Å². The second-order valence-corrected chi connectivity index (χ2v) is 6.32. The second kappa shape index (κ2) is 7.44. The van der Waals surface area contributed by atoms with Crippen LogP contribution >= 0.6 is 0 Å². The van der Waals surface area contributed by atoms with Crippen LogP contribution in [0.2, 0.25) is 0 Å². The van der Waals surface area contributed by atoms with E-state index in [0.717, 1.165) is 22.0 Å². The van der Waals surface area contributed by atoms with Crippen LogP contribution in [-0.2, 0) is 6.42 Å². The van der Waals surface area contributed by atoms with E-state index in [0.29, 0.717) is 29.8 Å². The third-order valence-electron chi connectivity index (χ3n) is 4.55. The molecule has 1 aromatic heterocycles. The summed E-state index contributed by atoms with van der Waals surface area (Å²) in [7, 11) is 1.53. The molecule has 5 nitrogen and oxygen atoms in total. The van der Waals surface area contributed by atoms with Crippen LogP contribution in [0.5, 0.6) is 5.75 Å². The molecule has 0 spiro atoms. The second-order valence-electron chi connectivity index (χ2n) is 6.32. The van der Waals surface area contributed by atoms with Crippen molar-refractivity contribution in [1.29, 1.82) is 0 Å².